The van der Waals surface area contributed by atoms with E-state index in [-0.39, 0.29) is 18.1 Å². The average Bonchev–Trinajstić information content (AvgIpc) is 3.15. The summed E-state index contributed by atoms with van der Waals surface area (Å²) < 4.78 is 26.9. The van der Waals surface area contributed by atoms with Crippen LogP contribution < -0.4 is 4.90 Å². The first-order valence-corrected chi connectivity index (χ1v) is 9.17. The first-order chi connectivity index (χ1) is 14.2. The fourth-order valence-electron chi connectivity index (χ4n) is 3.62. The lowest BCUT2D eigenvalue weighted by atomic mass is 10.0. The van der Waals surface area contributed by atoms with Gasteiger partial charge >= 0.3 is 0 Å². The summed E-state index contributed by atoms with van der Waals surface area (Å²) in [6.45, 7) is 3.78. The highest BCUT2D eigenvalue weighted by molar-refractivity contribution is 6.35. The minimum atomic E-state index is -1.00. The minimum absolute atomic E-state index is 0.000913. The molecule has 3 aromatic rings. The van der Waals surface area contributed by atoms with Gasteiger partial charge in [-0.15, -0.1) is 0 Å². The molecule has 1 aliphatic rings. The number of nitro groups is 1. The van der Waals surface area contributed by atoms with Gasteiger partial charge in [-0.2, -0.15) is 0 Å². The summed E-state index contributed by atoms with van der Waals surface area (Å²) in [5, 5.41) is 11.3. The van der Waals surface area contributed by atoms with E-state index in [1.807, 2.05) is 19.9 Å². The molecule has 1 aromatic heterocycles. The number of nitrogens with zero attached hydrogens (tertiary/aromatic N) is 2. The molecular weight excluding hydrogens is 392 g/mol. The van der Waals surface area contributed by atoms with Crippen molar-refractivity contribution in [3.8, 4) is 0 Å². The Morgan fingerprint density at radius 2 is 1.87 bits per heavy atom. The molecule has 6 nitrogen and oxygen atoms in total. The van der Waals surface area contributed by atoms with Crippen LogP contribution in [0.15, 0.2) is 42.5 Å². The highest BCUT2D eigenvalue weighted by atomic mass is 19.2. The van der Waals surface area contributed by atoms with Crippen molar-refractivity contribution in [2.75, 3.05) is 4.90 Å². The van der Waals surface area contributed by atoms with Crippen molar-refractivity contribution in [1.29, 1.82) is 0 Å². The Labute approximate surface area is 170 Å². The van der Waals surface area contributed by atoms with Crippen molar-refractivity contribution in [1.82, 2.24) is 4.98 Å². The molecule has 0 spiro atoms. The number of carbonyl (C=O) groups excluding carboxylic acids is 1. The third-order valence-corrected chi connectivity index (χ3v) is 5.05. The van der Waals surface area contributed by atoms with Crippen molar-refractivity contribution >= 4 is 28.9 Å². The predicted molar refractivity (Wildman–Crippen MR) is 109 cm³/mol. The number of amides is 1. The Balaban J connectivity index is 1.82. The maximum Gasteiger partial charge on any atom is 0.270 e. The van der Waals surface area contributed by atoms with Crippen molar-refractivity contribution in [3.63, 3.8) is 0 Å². The van der Waals surface area contributed by atoms with Crippen LogP contribution in [0.5, 0.6) is 0 Å². The molecule has 0 atom stereocenters. The molecule has 2 heterocycles. The predicted octanol–water partition coefficient (Wildman–Crippen LogP) is 4.91. The second-order valence-electron chi connectivity index (χ2n) is 7.21. The van der Waals surface area contributed by atoms with Crippen LogP contribution in [0.3, 0.4) is 0 Å². The summed E-state index contributed by atoms with van der Waals surface area (Å²) in [6, 6.07) is 9.54. The number of hydrogen-bond donors (Lipinski definition) is 1. The number of nitrogens with one attached hydrogen (secondary N) is 1. The van der Waals surface area contributed by atoms with Gasteiger partial charge in [0.1, 0.15) is 0 Å². The molecule has 1 aliphatic heterocycles. The van der Waals surface area contributed by atoms with Crippen molar-refractivity contribution < 1.29 is 18.5 Å². The quantitative estimate of drug-likeness (QED) is 0.378. The van der Waals surface area contributed by atoms with Crippen LogP contribution in [0.4, 0.5) is 20.2 Å². The van der Waals surface area contributed by atoms with E-state index in [0.29, 0.717) is 22.4 Å². The van der Waals surface area contributed by atoms with E-state index in [0.717, 1.165) is 29.1 Å². The molecule has 0 saturated carbocycles. The third kappa shape index (κ3) is 3.36. The molecule has 0 fully saturated rings. The number of aryl methyl sites for hydroxylation is 2. The topological polar surface area (TPSA) is 79.2 Å². The first kappa shape index (κ1) is 19.5. The van der Waals surface area contributed by atoms with E-state index in [1.54, 1.807) is 6.08 Å². The normalized spacial score (nSPS) is 14.5. The zero-order valence-corrected chi connectivity index (χ0v) is 16.2. The van der Waals surface area contributed by atoms with Gasteiger partial charge in [0.15, 0.2) is 11.6 Å². The molecule has 0 aliphatic carbocycles. The molecular formula is C22H17F2N3O3. The minimum Gasteiger partial charge on any atom is -0.359 e. The molecule has 1 amide bonds. The second-order valence-corrected chi connectivity index (χ2v) is 7.21. The number of fused-ring (bicyclic) bond motifs is 1. The second kappa shape index (κ2) is 7.22. The van der Waals surface area contributed by atoms with Gasteiger partial charge in [-0.25, -0.2) is 8.78 Å². The summed E-state index contributed by atoms with van der Waals surface area (Å²) >= 11 is 0. The lowest BCUT2D eigenvalue weighted by Crippen LogP contribution is -2.25. The Hall–Kier alpha value is -3.81. The molecule has 8 heteroatoms. The zero-order valence-electron chi connectivity index (χ0n) is 16.2. The number of carbonyl (C=O) groups is 1. The van der Waals surface area contributed by atoms with Crippen LogP contribution in [0.25, 0.3) is 11.6 Å². The molecule has 30 heavy (non-hydrogen) atoms. The average molecular weight is 409 g/mol. The summed E-state index contributed by atoms with van der Waals surface area (Å²) in [5.41, 5.74) is 4.03. The number of H-pyrrole nitrogens is 1. The molecule has 2 aromatic carbocycles. The number of benzene rings is 2. The fourth-order valence-corrected chi connectivity index (χ4v) is 3.62. The summed E-state index contributed by atoms with van der Waals surface area (Å²) in [6.07, 6.45) is 1.67. The van der Waals surface area contributed by atoms with Gasteiger partial charge in [0.05, 0.1) is 22.7 Å². The Morgan fingerprint density at radius 3 is 2.50 bits per heavy atom. The van der Waals surface area contributed by atoms with Gasteiger partial charge < -0.3 is 9.88 Å². The van der Waals surface area contributed by atoms with Gasteiger partial charge in [0, 0.05) is 29.1 Å². The van der Waals surface area contributed by atoms with Crippen LogP contribution in [0.1, 0.15) is 28.1 Å². The Bertz CT molecular complexity index is 1230. The third-order valence-electron chi connectivity index (χ3n) is 5.05. The van der Waals surface area contributed by atoms with Crippen molar-refractivity contribution in [2.45, 2.75) is 20.4 Å². The van der Waals surface area contributed by atoms with E-state index in [1.165, 1.54) is 29.2 Å². The van der Waals surface area contributed by atoms with Crippen LogP contribution in [-0.4, -0.2) is 15.8 Å². The van der Waals surface area contributed by atoms with Crippen LogP contribution in [0.2, 0.25) is 0 Å². The molecule has 1 N–H and O–H groups in total. The number of aromatic nitrogens is 1. The number of halogens is 2. The molecule has 152 valence electrons. The van der Waals surface area contributed by atoms with Gasteiger partial charge in [-0.1, -0.05) is 6.07 Å². The number of nitro benzene ring substituents is 1. The molecule has 0 saturated heterocycles. The zero-order chi connectivity index (χ0) is 21.6. The molecule has 0 unspecified atom stereocenters. The largest absolute Gasteiger partial charge is 0.359 e. The number of aromatic amines is 1. The highest BCUT2D eigenvalue weighted by Gasteiger charge is 2.34. The van der Waals surface area contributed by atoms with Gasteiger partial charge in [-0.05, 0) is 55.3 Å². The van der Waals surface area contributed by atoms with E-state index in [2.05, 4.69) is 4.98 Å². The van der Waals surface area contributed by atoms with Gasteiger partial charge in [0.25, 0.3) is 11.6 Å². The van der Waals surface area contributed by atoms with Crippen molar-refractivity contribution in [2.24, 2.45) is 0 Å². The van der Waals surface area contributed by atoms with E-state index < -0.39 is 16.6 Å². The Morgan fingerprint density at radius 1 is 1.10 bits per heavy atom. The summed E-state index contributed by atoms with van der Waals surface area (Å²) in [5.74, 6) is -2.35. The maximum absolute atomic E-state index is 13.6. The fraction of sp³-hybridized carbons (Fsp3) is 0.136. The van der Waals surface area contributed by atoms with E-state index in [9.17, 15) is 23.7 Å². The Kier molecular flexibility index (Phi) is 4.69. The van der Waals surface area contributed by atoms with Crippen molar-refractivity contribution in [3.05, 3.63) is 92.3 Å². The molecule has 0 bridgehead atoms. The number of anilines is 1. The van der Waals surface area contributed by atoms with Crippen LogP contribution in [0, 0.1) is 35.6 Å². The maximum atomic E-state index is 13.6. The van der Waals surface area contributed by atoms with Crippen LogP contribution in [-0.2, 0) is 11.3 Å². The highest BCUT2D eigenvalue weighted by Crippen LogP contribution is 2.40. The number of rotatable bonds is 4. The standard InChI is InChI=1S/C22H17F2N3O3/c1-12-7-13(2)25-20(12)10-17-16-9-15(27(29)30)4-6-21(16)26(22(17)28)11-14-3-5-18(23)19(24)8-14/h3-10,25H,11H2,1-2H3/b17-10-. The van der Waals surface area contributed by atoms with Crippen LogP contribution >= 0.6 is 0 Å². The van der Waals surface area contributed by atoms with E-state index >= 15 is 0 Å². The summed E-state index contributed by atoms with van der Waals surface area (Å²) in [7, 11) is 0. The van der Waals surface area contributed by atoms with Gasteiger partial charge in [0.2, 0.25) is 0 Å². The molecule has 0 radical (unpaired) electrons. The monoisotopic (exact) mass is 409 g/mol. The lowest BCUT2D eigenvalue weighted by Gasteiger charge is -2.17. The lowest BCUT2D eigenvalue weighted by molar-refractivity contribution is -0.384. The molecule has 4 rings (SSSR count). The number of hydrogen-bond acceptors (Lipinski definition) is 3. The number of non-ortho nitro benzene ring substituents is 1. The summed E-state index contributed by atoms with van der Waals surface area (Å²) in [4.78, 5) is 28.5. The van der Waals surface area contributed by atoms with Gasteiger partial charge in [-0.3, -0.25) is 14.9 Å². The van der Waals surface area contributed by atoms with E-state index in [4.69, 9.17) is 0 Å². The SMILES string of the molecule is Cc1cc(C)c(/C=C2\C(=O)N(Cc3ccc(F)c(F)c3)c3ccc([N+](=O)[O-])cc32)[nH]1. The smallest absolute Gasteiger partial charge is 0.270 e. The first-order valence-electron chi connectivity index (χ1n) is 9.17.